The van der Waals surface area contributed by atoms with Crippen molar-refractivity contribution in [2.45, 2.75) is 33.2 Å². The highest BCUT2D eigenvalue weighted by Gasteiger charge is 2.35. The summed E-state index contributed by atoms with van der Waals surface area (Å²) in [5.74, 6) is -0.406. The van der Waals surface area contributed by atoms with Gasteiger partial charge in [-0.2, -0.15) is 5.10 Å². The predicted octanol–water partition coefficient (Wildman–Crippen LogP) is 1.47. The summed E-state index contributed by atoms with van der Waals surface area (Å²) in [5, 5.41) is 8.11. The molecule has 0 radical (unpaired) electrons. The number of amides is 2. The standard InChI is InChI=1S/C16H21N5O2/c1-9(2)21-8-11(5-14(21)22)16(23)18-12-6-13-10(3)19-20(4)15(13)17-7-12/h6-7,9,11H,5,8H2,1-4H3,(H,18,23). The number of nitrogens with zero attached hydrogens (tertiary/aromatic N) is 4. The van der Waals surface area contributed by atoms with Crippen molar-refractivity contribution in [3.05, 3.63) is 18.0 Å². The van der Waals surface area contributed by atoms with Gasteiger partial charge in [-0.1, -0.05) is 0 Å². The number of aromatic nitrogens is 3. The van der Waals surface area contributed by atoms with Crippen LogP contribution in [0, 0.1) is 12.8 Å². The second kappa shape index (κ2) is 5.64. The van der Waals surface area contributed by atoms with Crippen molar-refractivity contribution in [3.63, 3.8) is 0 Å². The second-order valence-corrected chi connectivity index (χ2v) is 6.33. The van der Waals surface area contributed by atoms with Gasteiger partial charge in [0.1, 0.15) is 0 Å². The largest absolute Gasteiger partial charge is 0.339 e. The zero-order valence-corrected chi connectivity index (χ0v) is 13.8. The SMILES string of the molecule is Cc1nn(C)c2ncc(NC(=O)C3CC(=O)N(C(C)C)C3)cc12. The number of hydrogen-bond donors (Lipinski definition) is 1. The maximum atomic E-state index is 12.4. The number of aryl methyl sites for hydroxylation is 2. The van der Waals surface area contributed by atoms with Gasteiger partial charge < -0.3 is 10.2 Å². The minimum atomic E-state index is -0.310. The van der Waals surface area contributed by atoms with E-state index in [9.17, 15) is 9.59 Å². The van der Waals surface area contributed by atoms with Crippen LogP contribution >= 0.6 is 0 Å². The first kappa shape index (κ1) is 15.5. The van der Waals surface area contributed by atoms with Gasteiger partial charge in [-0.05, 0) is 26.8 Å². The molecule has 7 heteroatoms. The van der Waals surface area contributed by atoms with Crippen molar-refractivity contribution >= 4 is 28.5 Å². The minimum Gasteiger partial charge on any atom is -0.339 e. The molecule has 1 atom stereocenters. The van der Waals surface area contributed by atoms with Crippen LogP contribution in [-0.2, 0) is 16.6 Å². The fourth-order valence-electron chi connectivity index (χ4n) is 3.03. The molecule has 0 aliphatic carbocycles. The molecule has 1 unspecified atom stereocenters. The first-order valence-electron chi connectivity index (χ1n) is 7.76. The molecule has 7 nitrogen and oxygen atoms in total. The number of hydrogen-bond acceptors (Lipinski definition) is 4. The Morgan fingerprint density at radius 3 is 2.83 bits per heavy atom. The summed E-state index contributed by atoms with van der Waals surface area (Å²) in [5.41, 5.74) is 2.28. The molecule has 1 saturated heterocycles. The Labute approximate surface area is 134 Å². The van der Waals surface area contributed by atoms with Crippen molar-refractivity contribution in [2.24, 2.45) is 13.0 Å². The van der Waals surface area contributed by atoms with Crippen LogP contribution in [0.3, 0.4) is 0 Å². The van der Waals surface area contributed by atoms with E-state index in [2.05, 4.69) is 15.4 Å². The van der Waals surface area contributed by atoms with Gasteiger partial charge >= 0.3 is 0 Å². The number of fused-ring (bicyclic) bond motifs is 1. The average molecular weight is 315 g/mol. The van der Waals surface area contributed by atoms with Gasteiger partial charge in [0.15, 0.2) is 5.65 Å². The van der Waals surface area contributed by atoms with Crippen molar-refractivity contribution in [3.8, 4) is 0 Å². The summed E-state index contributed by atoms with van der Waals surface area (Å²) in [7, 11) is 1.84. The third kappa shape index (κ3) is 2.78. The highest BCUT2D eigenvalue weighted by molar-refractivity contribution is 5.98. The van der Waals surface area contributed by atoms with Gasteiger partial charge in [0.2, 0.25) is 11.8 Å². The Kier molecular flexibility index (Phi) is 3.79. The average Bonchev–Trinajstić information content (AvgIpc) is 3.00. The summed E-state index contributed by atoms with van der Waals surface area (Å²) in [6, 6.07) is 2.00. The summed E-state index contributed by atoms with van der Waals surface area (Å²) in [4.78, 5) is 30.4. The van der Waals surface area contributed by atoms with E-state index in [0.717, 1.165) is 16.7 Å². The Morgan fingerprint density at radius 2 is 2.17 bits per heavy atom. The molecule has 23 heavy (non-hydrogen) atoms. The molecule has 0 spiro atoms. The molecule has 2 aromatic rings. The quantitative estimate of drug-likeness (QED) is 0.930. The topological polar surface area (TPSA) is 80.1 Å². The molecule has 1 N–H and O–H groups in total. The van der Waals surface area contributed by atoms with Crippen LogP contribution in [0.4, 0.5) is 5.69 Å². The highest BCUT2D eigenvalue weighted by atomic mass is 16.2. The van der Waals surface area contributed by atoms with E-state index in [1.165, 1.54) is 0 Å². The smallest absolute Gasteiger partial charge is 0.229 e. The number of likely N-dealkylation sites (tertiary alicyclic amines) is 1. The number of anilines is 1. The molecule has 0 bridgehead atoms. The lowest BCUT2D eigenvalue weighted by Gasteiger charge is -2.20. The maximum Gasteiger partial charge on any atom is 0.229 e. The van der Waals surface area contributed by atoms with Crippen LogP contribution in [0.15, 0.2) is 12.3 Å². The second-order valence-electron chi connectivity index (χ2n) is 6.33. The molecule has 122 valence electrons. The van der Waals surface area contributed by atoms with Crippen LogP contribution in [0.2, 0.25) is 0 Å². The molecule has 3 rings (SSSR count). The molecule has 2 amide bonds. The van der Waals surface area contributed by atoms with E-state index >= 15 is 0 Å². The van der Waals surface area contributed by atoms with Gasteiger partial charge in [-0.3, -0.25) is 14.3 Å². The fourth-order valence-corrected chi connectivity index (χ4v) is 3.03. The van der Waals surface area contributed by atoms with Gasteiger partial charge in [0.05, 0.1) is 23.5 Å². The number of rotatable bonds is 3. The van der Waals surface area contributed by atoms with Crippen molar-refractivity contribution in [2.75, 3.05) is 11.9 Å². The molecule has 3 heterocycles. The highest BCUT2D eigenvalue weighted by Crippen LogP contribution is 2.23. The van der Waals surface area contributed by atoms with E-state index in [4.69, 9.17) is 0 Å². The lowest BCUT2D eigenvalue weighted by molar-refractivity contribution is -0.129. The minimum absolute atomic E-state index is 0.0387. The van der Waals surface area contributed by atoms with Gasteiger partial charge in [-0.25, -0.2) is 4.98 Å². The Morgan fingerprint density at radius 1 is 1.43 bits per heavy atom. The van der Waals surface area contributed by atoms with E-state index < -0.39 is 0 Å². The van der Waals surface area contributed by atoms with Crippen molar-refractivity contribution in [1.29, 1.82) is 0 Å². The molecular formula is C16H21N5O2. The van der Waals surface area contributed by atoms with E-state index in [-0.39, 0.29) is 30.2 Å². The van der Waals surface area contributed by atoms with Crippen LogP contribution < -0.4 is 5.32 Å². The normalized spacial score (nSPS) is 18.2. The molecule has 1 aliphatic rings. The first-order chi connectivity index (χ1) is 10.9. The molecule has 1 fully saturated rings. The maximum absolute atomic E-state index is 12.4. The van der Waals surface area contributed by atoms with Gasteiger partial charge in [0.25, 0.3) is 0 Å². The van der Waals surface area contributed by atoms with E-state index in [1.807, 2.05) is 33.9 Å². The van der Waals surface area contributed by atoms with E-state index in [0.29, 0.717) is 12.2 Å². The molecule has 0 saturated carbocycles. The molecule has 1 aliphatic heterocycles. The number of carbonyl (C=O) groups excluding carboxylic acids is 2. The number of pyridine rings is 1. The number of nitrogens with one attached hydrogen (secondary N) is 1. The van der Waals surface area contributed by atoms with Crippen LogP contribution in [-0.4, -0.2) is 44.1 Å². The van der Waals surface area contributed by atoms with Gasteiger partial charge in [-0.15, -0.1) is 0 Å². The third-order valence-electron chi connectivity index (χ3n) is 4.28. The molecular weight excluding hydrogens is 294 g/mol. The lowest BCUT2D eigenvalue weighted by atomic mass is 10.1. The Bertz CT molecular complexity index is 780. The van der Waals surface area contributed by atoms with Crippen LogP contribution in [0.1, 0.15) is 26.0 Å². The van der Waals surface area contributed by atoms with E-state index in [1.54, 1.807) is 15.8 Å². The fraction of sp³-hybridized carbons (Fsp3) is 0.500. The third-order valence-corrected chi connectivity index (χ3v) is 4.28. The summed E-state index contributed by atoms with van der Waals surface area (Å²) < 4.78 is 1.71. The Balaban J connectivity index is 1.76. The zero-order valence-electron chi connectivity index (χ0n) is 13.8. The van der Waals surface area contributed by atoms with Gasteiger partial charge in [0, 0.05) is 31.4 Å². The van der Waals surface area contributed by atoms with Crippen molar-refractivity contribution < 1.29 is 9.59 Å². The van der Waals surface area contributed by atoms with Crippen LogP contribution in [0.25, 0.3) is 11.0 Å². The predicted molar refractivity (Wildman–Crippen MR) is 86.8 cm³/mol. The zero-order chi connectivity index (χ0) is 16.7. The Hall–Kier alpha value is -2.44. The summed E-state index contributed by atoms with van der Waals surface area (Å²) in [6.45, 7) is 6.30. The van der Waals surface area contributed by atoms with Crippen molar-refractivity contribution in [1.82, 2.24) is 19.7 Å². The monoisotopic (exact) mass is 315 g/mol. The molecule has 2 aromatic heterocycles. The lowest BCUT2D eigenvalue weighted by Crippen LogP contribution is -2.33. The summed E-state index contributed by atoms with van der Waals surface area (Å²) in [6.07, 6.45) is 1.89. The summed E-state index contributed by atoms with van der Waals surface area (Å²) >= 11 is 0. The first-order valence-corrected chi connectivity index (χ1v) is 7.76. The number of carbonyl (C=O) groups is 2. The van der Waals surface area contributed by atoms with Crippen LogP contribution in [0.5, 0.6) is 0 Å². The molecule has 0 aromatic carbocycles.